The van der Waals surface area contributed by atoms with Crippen LogP contribution >= 0.6 is 11.6 Å². The van der Waals surface area contributed by atoms with Crippen LogP contribution in [0, 0.1) is 6.92 Å². The lowest BCUT2D eigenvalue weighted by molar-refractivity contribution is 0.147. The molecule has 2 rings (SSSR count). The molecule has 1 unspecified atom stereocenters. The highest BCUT2D eigenvalue weighted by molar-refractivity contribution is 6.30. The van der Waals surface area contributed by atoms with Gasteiger partial charge in [-0.25, -0.2) is 0 Å². The van der Waals surface area contributed by atoms with Crippen LogP contribution in [0.5, 0.6) is 0 Å². The molecule has 0 spiro atoms. The summed E-state index contributed by atoms with van der Waals surface area (Å²) < 4.78 is 0. The van der Waals surface area contributed by atoms with Gasteiger partial charge in [0.05, 0.1) is 6.10 Å². The second-order valence-corrected chi connectivity index (χ2v) is 6.02. The van der Waals surface area contributed by atoms with Crippen LogP contribution in [0.4, 0.5) is 0 Å². The van der Waals surface area contributed by atoms with E-state index < -0.39 is 6.10 Å². The summed E-state index contributed by atoms with van der Waals surface area (Å²) >= 11 is 5.95. The van der Waals surface area contributed by atoms with E-state index in [2.05, 4.69) is 43.1 Å². The van der Waals surface area contributed by atoms with Crippen molar-refractivity contribution in [2.75, 3.05) is 13.6 Å². The smallest absolute Gasteiger partial charge is 0.0802 e. The average Bonchev–Trinajstić information content (AvgIpc) is 2.45. The first-order valence-corrected chi connectivity index (χ1v) is 7.60. The molecule has 0 aliphatic heterocycles. The summed E-state index contributed by atoms with van der Waals surface area (Å²) in [6, 6.07) is 16.0. The van der Waals surface area contributed by atoms with E-state index in [0.717, 1.165) is 18.7 Å². The fourth-order valence-corrected chi connectivity index (χ4v) is 2.62. The molecule has 0 heterocycles. The summed E-state index contributed by atoms with van der Waals surface area (Å²) in [5.41, 5.74) is 3.46. The molecule has 0 aliphatic carbocycles. The van der Waals surface area contributed by atoms with Crippen molar-refractivity contribution in [1.29, 1.82) is 0 Å². The van der Waals surface area contributed by atoms with Gasteiger partial charge in [-0.2, -0.15) is 0 Å². The number of nitrogens with zero attached hydrogens (tertiary/aromatic N) is 1. The van der Waals surface area contributed by atoms with Gasteiger partial charge in [0.15, 0.2) is 0 Å². The minimum Gasteiger partial charge on any atom is -0.388 e. The Bertz CT molecular complexity index is 585. The summed E-state index contributed by atoms with van der Waals surface area (Å²) in [4.78, 5) is 2.22. The molecule has 0 fully saturated rings. The highest BCUT2D eigenvalue weighted by Crippen LogP contribution is 2.20. The Hall–Kier alpha value is -1.35. The highest BCUT2D eigenvalue weighted by Gasteiger charge is 2.09. The van der Waals surface area contributed by atoms with Gasteiger partial charge in [-0.15, -0.1) is 0 Å². The van der Waals surface area contributed by atoms with Crippen molar-refractivity contribution in [3.05, 3.63) is 70.2 Å². The minimum atomic E-state index is -0.469. The third-order valence-corrected chi connectivity index (χ3v) is 3.79. The van der Waals surface area contributed by atoms with Crippen molar-refractivity contribution in [1.82, 2.24) is 4.90 Å². The van der Waals surface area contributed by atoms with E-state index in [1.807, 2.05) is 24.3 Å². The maximum Gasteiger partial charge on any atom is 0.0802 e. The summed E-state index contributed by atoms with van der Waals surface area (Å²) in [6.45, 7) is 3.83. The summed E-state index contributed by atoms with van der Waals surface area (Å²) in [6.07, 6.45) is 0.228. The first-order chi connectivity index (χ1) is 10.0. The van der Waals surface area contributed by atoms with Crippen molar-refractivity contribution >= 4 is 11.6 Å². The first-order valence-electron chi connectivity index (χ1n) is 7.22. The fourth-order valence-electron chi connectivity index (χ4n) is 2.42. The van der Waals surface area contributed by atoms with Crippen LogP contribution in [-0.4, -0.2) is 23.6 Å². The predicted molar refractivity (Wildman–Crippen MR) is 88.5 cm³/mol. The number of aryl methyl sites for hydroxylation is 1. The molecule has 0 amide bonds. The standard InChI is InChI=1S/C18H22ClNO/c1-14-5-3-6-15(11-14)13-20(2)10-9-18(21)16-7-4-8-17(19)12-16/h3-8,11-12,18,21H,9-10,13H2,1-2H3. The monoisotopic (exact) mass is 303 g/mol. The van der Waals surface area contributed by atoms with Crippen LogP contribution in [-0.2, 0) is 6.54 Å². The third-order valence-electron chi connectivity index (χ3n) is 3.55. The van der Waals surface area contributed by atoms with E-state index in [4.69, 9.17) is 11.6 Å². The van der Waals surface area contributed by atoms with Gasteiger partial charge in [-0.05, 0) is 43.7 Å². The molecule has 0 bridgehead atoms. The van der Waals surface area contributed by atoms with E-state index >= 15 is 0 Å². The molecule has 1 N–H and O–H groups in total. The van der Waals surface area contributed by atoms with Gasteiger partial charge in [0.25, 0.3) is 0 Å². The molecule has 2 aromatic carbocycles. The molecule has 0 aliphatic rings. The maximum absolute atomic E-state index is 10.2. The Kier molecular flexibility index (Phi) is 5.80. The fraction of sp³-hybridized carbons (Fsp3) is 0.333. The van der Waals surface area contributed by atoms with Gasteiger partial charge in [0.1, 0.15) is 0 Å². The van der Waals surface area contributed by atoms with Crippen LogP contribution in [0.3, 0.4) is 0 Å². The summed E-state index contributed by atoms with van der Waals surface area (Å²) in [7, 11) is 2.08. The van der Waals surface area contributed by atoms with Crippen LogP contribution in [0.25, 0.3) is 0 Å². The molecule has 2 nitrogen and oxygen atoms in total. The van der Waals surface area contributed by atoms with Gasteiger partial charge in [-0.3, -0.25) is 0 Å². The molecule has 0 saturated carbocycles. The SMILES string of the molecule is Cc1cccc(CN(C)CCC(O)c2cccc(Cl)c2)c1. The number of hydrogen-bond acceptors (Lipinski definition) is 2. The molecule has 0 radical (unpaired) electrons. The average molecular weight is 304 g/mol. The number of aliphatic hydroxyl groups is 1. The Morgan fingerprint density at radius 3 is 2.62 bits per heavy atom. The van der Waals surface area contributed by atoms with Crippen LogP contribution < -0.4 is 0 Å². The Labute approximate surface area is 132 Å². The minimum absolute atomic E-state index is 0.469. The zero-order valence-electron chi connectivity index (χ0n) is 12.6. The number of hydrogen-bond donors (Lipinski definition) is 1. The lowest BCUT2D eigenvalue weighted by Gasteiger charge is -2.19. The van der Waals surface area contributed by atoms with E-state index in [9.17, 15) is 5.11 Å². The van der Waals surface area contributed by atoms with Gasteiger partial charge in [0.2, 0.25) is 0 Å². The van der Waals surface area contributed by atoms with Crippen LogP contribution in [0.1, 0.15) is 29.2 Å². The second kappa shape index (κ2) is 7.60. The third kappa shape index (κ3) is 5.16. The molecule has 0 aromatic heterocycles. The lowest BCUT2D eigenvalue weighted by atomic mass is 10.1. The second-order valence-electron chi connectivity index (χ2n) is 5.59. The predicted octanol–water partition coefficient (Wildman–Crippen LogP) is 4.20. The molecular weight excluding hydrogens is 282 g/mol. The van der Waals surface area contributed by atoms with Gasteiger partial charge in [-0.1, -0.05) is 53.6 Å². The van der Waals surface area contributed by atoms with Gasteiger partial charge < -0.3 is 10.0 Å². The Morgan fingerprint density at radius 1 is 1.14 bits per heavy atom. The van der Waals surface area contributed by atoms with Gasteiger partial charge >= 0.3 is 0 Å². The van der Waals surface area contributed by atoms with E-state index in [-0.39, 0.29) is 0 Å². The first kappa shape index (κ1) is 16.0. The Balaban J connectivity index is 1.85. The Morgan fingerprint density at radius 2 is 1.90 bits per heavy atom. The zero-order valence-corrected chi connectivity index (χ0v) is 13.3. The number of halogens is 1. The maximum atomic E-state index is 10.2. The largest absolute Gasteiger partial charge is 0.388 e. The van der Waals surface area contributed by atoms with E-state index in [1.165, 1.54) is 11.1 Å². The quantitative estimate of drug-likeness (QED) is 0.864. The number of benzene rings is 2. The molecule has 2 aromatic rings. The van der Waals surface area contributed by atoms with Crippen molar-refractivity contribution in [2.45, 2.75) is 26.0 Å². The normalized spacial score (nSPS) is 12.6. The molecule has 3 heteroatoms. The summed E-state index contributed by atoms with van der Waals surface area (Å²) in [5.74, 6) is 0. The van der Waals surface area contributed by atoms with Crippen molar-refractivity contribution < 1.29 is 5.11 Å². The van der Waals surface area contributed by atoms with Crippen molar-refractivity contribution in [3.8, 4) is 0 Å². The number of aliphatic hydroxyl groups excluding tert-OH is 1. The van der Waals surface area contributed by atoms with Crippen LogP contribution in [0.2, 0.25) is 5.02 Å². The van der Waals surface area contributed by atoms with E-state index in [0.29, 0.717) is 11.4 Å². The highest BCUT2D eigenvalue weighted by atomic mass is 35.5. The molecule has 1 atom stereocenters. The lowest BCUT2D eigenvalue weighted by Crippen LogP contribution is -2.21. The van der Waals surface area contributed by atoms with Gasteiger partial charge in [0, 0.05) is 18.1 Å². The molecule has 112 valence electrons. The molecule has 21 heavy (non-hydrogen) atoms. The summed E-state index contributed by atoms with van der Waals surface area (Å²) in [5, 5.41) is 10.9. The van der Waals surface area contributed by atoms with Crippen molar-refractivity contribution in [2.24, 2.45) is 0 Å². The van der Waals surface area contributed by atoms with Crippen molar-refractivity contribution in [3.63, 3.8) is 0 Å². The number of rotatable bonds is 6. The molecular formula is C18H22ClNO. The zero-order chi connectivity index (χ0) is 15.2. The van der Waals surface area contributed by atoms with Crippen LogP contribution in [0.15, 0.2) is 48.5 Å². The topological polar surface area (TPSA) is 23.5 Å². The molecule has 0 saturated heterocycles. The van der Waals surface area contributed by atoms with E-state index in [1.54, 1.807) is 0 Å².